The van der Waals surface area contributed by atoms with Crippen molar-refractivity contribution in [3.05, 3.63) is 21.8 Å². The Balaban J connectivity index is 4.00. The van der Waals surface area contributed by atoms with E-state index in [-0.39, 0.29) is 27.5 Å². The second-order valence-corrected chi connectivity index (χ2v) is 8.67. The summed E-state index contributed by atoms with van der Waals surface area (Å²) in [6.45, 7) is 4.62. The molecule has 1 aromatic rings. The molecular weight excluding hydrogens is 711 g/mol. The van der Waals surface area contributed by atoms with Crippen LogP contribution in [0.4, 0.5) is 5.69 Å². The van der Waals surface area contributed by atoms with Crippen LogP contribution in [0.1, 0.15) is 48.4 Å². The lowest BCUT2D eigenvalue weighted by molar-refractivity contribution is -0.124. The quantitative estimate of drug-likeness (QED) is 0.459. The molecule has 0 saturated heterocycles. The normalized spacial score (nSPS) is 10.1. The Morgan fingerprint density at radius 3 is 1.21 bits per heavy atom. The zero-order valence-corrected chi connectivity index (χ0v) is 21.5. The summed E-state index contributed by atoms with van der Waals surface area (Å²) >= 11 is 5.30. The Bertz CT molecular complexity index is 860. The highest BCUT2D eigenvalue weighted by molar-refractivity contribution is 14.1. The molecule has 0 spiro atoms. The molecule has 0 aliphatic rings. The number of halogens is 3. The van der Waals surface area contributed by atoms with Crippen molar-refractivity contribution in [2.45, 2.75) is 27.7 Å². The van der Waals surface area contributed by atoms with Crippen molar-refractivity contribution in [1.82, 2.24) is 10.6 Å². The van der Waals surface area contributed by atoms with Gasteiger partial charge in [0.25, 0.3) is 11.8 Å². The minimum absolute atomic E-state index is 0.0315. The van der Waals surface area contributed by atoms with E-state index in [2.05, 4.69) is 10.6 Å². The first kappa shape index (κ1) is 24.9. The Labute approximate surface area is 201 Å². The van der Waals surface area contributed by atoms with Gasteiger partial charge >= 0.3 is 0 Å². The third-order valence-electron chi connectivity index (χ3n) is 3.18. The molecule has 0 heterocycles. The number of hydrogen-bond donors (Lipinski definition) is 2. The molecule has 0 unspecified atom stereocenters. The fourth-order valence-electron chi connectivity index (χ4n) is 2.23. The molecule has 0 radical (unpaired) electrons. The van der Waals surface area contributed by atoms with Gasteiger partial charge in [-0.25, -0.2) is 4.90 Å². The maximum absolute atomic E-state index is 12.6. The van der Waals surface area contributed by atoms with Crippen LogP contribution in [0.3, 0.4) is 0 Å². The van der Waals surface area contributed by atoms with Crippen molar-refractivity contribution in [2.24, 2.45) is 0 Å². The lowest BCUT2D eigenvalue weighted by Gasteiger charge is -2.24. The molecular formula is C16H14I3N3O6. The minimum Gasteiger partial charge on any atom is -0.292 e. The summed E-state index contributed by atoms with van der Waals surface area (Å²) < 4.78 is 0.574. The number of anilines is 1. The average molecular weight is 725 g/mol. The summed E-state index contributed by atoms with van der Waals surface area (Å²) in [7, 11) is 0. The highest BCUT2D eigenvalue weighted by atomic mass is 127. The van der Waals surface area contributed by atoms with Crippen LogP contribution in [-0.2, 0) is 19.2 Å². The fraction of sp³-hybridized carbons (Fsp3) is 0.250. The first-order valence-electron chi connectivity index (χ1n) is 7.46. The smallest absolute Gasteiger partial charge is 0.260 e. The zero-order chi connectivity index (χ0) is 21.9. The zero-order valence-electron chi connectivity index (χ0n) is 15.0. The molecule has 0 aliphatic heterocycles. The van der Waals surface area contributed by atoms with Gasteiger partial charge in [0.2, 0.25) is 23.6 Å². The van der Waals surface area contributed by atoms with Gasteiger partial charge < -0.3 is 0 Å². The van der Waals surface area contributed by atoms with Gasteiger partial charge in [0.1, 0.15) is 0 Å². The number of nitrogens with one attached hydrogen (secondary N) is 2. The molecule has 0 atom stereocenters. The van der Waals surface area contributed by atoms with Crippen molar-refractivity contribution >= 4 is 109 Å². The fourth-order valence-corrected chi connectivity index (χ4v) is 6.86. The van der Waals surface area contributed by atoms with Crippen molar-refractivity contribution < 1.29 is 28.8 Å². The highest BCUT2D eigenvalue weighted by Gasteiger charge is 2.33. The standard InChI is InChI=1S/C16H14I3N3O6/c1-5(23)20-15(27)9-11(17)10(16(28)21-6(2)24)13(19)14(12(9)18)22(7(3)25)8(4)26/h1-4H3,(H,20,23,27)(H,21,24,28). The third kappa shape index (κ3) is 5.46. The van der Waals surface area contributed by atoms with E-state index in [4.69, 9.17) is 0 Å². The average Bonchev–Trinajstić information content (AvgIpc) is 2.48. The predicted molar refractivity (Wildman–Crippen MR) is 125 cm³/mol. The molecule has 1 rings (SSSR count). The van der Waals surface area contributed by atoms with E-state index in [1.807, 2.05) is 0 Å². The van der Waals surface area contributed by atoms with Crippen molar-refractivity contribution in [3.8, 4) is 0 Å². The van der Waals surface area contributed by atoms with Gasteiger partial charge in [-0.05, 0) is 67.8 Å². The monoisotopic (exact) mass is 725 g/mol. The topological polar surface area (TPSA) is 130 Å². The van der Waals surface area contributed by atoms with Gasteiger partial charge in [0, 0.05) is 31.3 Å². The van der Waals surface area contributed by atoms with Crippen molar-refractivity contribution in [2.75, 3.05) is 4.90 Å². The maximum atomic E-state index is 12.6. The van der Waals surface area contributed by atoms with E-state index in [0.29, 0.717) is 0 Å². The van der Waals surface area contributed by atoms with Crippen LogP contribution in [0.2, 0.25) is 0 Å². The Morgan fingerprint density at radius 2 is 0.964 bits per heavy atom. The number of hydrogen-bond acceptors (Lipinski definition) is 6. The van der Waals surface area contributed by atoms with Crippen molar-refractivity contribution in [1.29, 1.82) is 0 Å². The molecule has 0 fully saturated rings. The van der Waals surface area contributed by atoms with E-state index in [1.54, 1.807) is 67.8 Å². The summed E-state index contributed by atoms with van der Waals surface area (Å²) in [5.41, 5.74) is -0.0925. The highest BCUT2D eigenvalue weighted by Crippen LogP contribution is 2.38. The number of imide groups is 3. The summed E-state index contributed by atoms with van der Waals surface area (Å²) in [5, 5.41) is 4.23. The first-order valence-corrected chi connectivity index (χ1v) is 10.7. The maximum Gasteiger partial charge on any atom is 0.260 e. The summed E-state index contributed by atoms with van der Waals surface area (Å²) in [6.07, 6.45) is 0. The molecule has 6 amide bonds. The lowest BCUT2D eigenvalue weighted by atomic mass is 10.1. The Morgan fingerprint density at radius 1 is 0.643 bits per heavy atom. The lowest BCUT2D eigenvalue weighted by Crippen LogP contribution is -2.38. The summed E-state index contributed by atoms with van der Waals surface area (Å²) in [5.74, 6) is -4.10. The van der Waals surface area contributed by atoms with Crippen LogP contribution < -0.4 is 15.5 Å². The first-order chi connectivity index (χ1) is 12.8. The molecule has 0 bridgehead atoms. The molecule has 1 aromatic carbocycles. The number of carbonyl (C=O) groups is 6. The number of amides is 6. The molecule has 9 nitrogen and oxygen atoms in total. The SMILES string of the molecule is CC(=O)NC(=O)c1c(I)c(C(=O)NC(C)=O)c(I)c(N(C(C)=O)C(C)=O)c1I. The minimum atomic E-state index is -0.803. The van der Waals surface area contributed by atoms with E-state index < -0.39 is 35.4 Å². The second-order valence-electron chi connectivity index (χ2n) is 5.43. The van der Waals surface area contributed by atoms with Gasteiger partial charge in [0.15, 0.2) is 0 Å². The van der Waals surface area contributed by atoms with E-state index in [0.717, 1.165) is 32.6 Å². The molecule has 0 aliphatic carbocycles. The molecule has 12 heteroatoms. The van der Waals surface area contributed by atoms with Gasteiger partial charge in [0.05, 0.1) is 24.0 Å². The summed E-state index contributed by atoms with van der Waals surface area (Å²) in [6, 6.07) is 0. The van der Waals surface area contributed by atoms with Crippen LogP contribution in [0, 0.1) is 10.7 Å². The van der Waals surface area contributed by atoms with Gasteiger partial charge in [-0.2, -0.15) is 0 Å². The Kier molecular flexibility index (Phi) is 8.92. The van der Waals surface area contributed by atoms with E-state index in [1.165, 1.54) is 0 Å². The van der Waals surface area contributed by atoms with Crippen LogP contribution in [0.15, 0.2) is 0 Å². The van der Waals surface area contributed by atoms with E-state index in [9.17, 15) is 28.8 Å². The molecule has 2 N–H and O–H groups in total. The Hall–Kier alpha value is -1.17. The molecule has 0 aromatic heterocycles. The molecule has 150 valence electrons. The number of nitrogens with zero attached hydrogens (tertiary/aromatic N) is 1. The second kappa shape index (κ2) is 10.0. The van der Waals surface area contributed by atoms with E-state index >= 15 is 0 Å². The van der Waals surface area contributed by atoms with Crippen LogP contribution in [0.5, 0.6) is 0 Å². The van der Waals surface area contributed by atoms with Crippen LogP contribution in [-0.4, -0.2) is 35.4 Å². The van der Waals surface area contributed by atoms with Gasteiger partial charge in [-0.1, -0.05) is 0 Å². The molecule has 0 saturated carbocycles. The summed E-state index contributed by atoms with van der Waals surface area (Å²) in [4.78, 5) is 72.8. The van der Waals surface area contributed by atoms with Gasteiger partial charge in [-0.15, -0.1) is 0 Å². The van der Waals surface area contributed by atoms with Crippen LogP contribution >= 0.6 is 67.8 Å². The number of carbonyl (C=O) groups excluding carboxylic acids is 6. The van der Waals surface area contributed by atoms with Gasteiger partial charge in [-0.3, -0.25) is 39.4 Å². The largest absolute Gasteiger partial charge is 0.292 e. The number of rotatable bonds is 3. The number of benzene rings is 1. The predicted octanol–water partition coefficient (Wildman–Crippen LogP) is 1.95. The third-order valence-corrected chi connectivity index (χ3v) is 6.36. The molecule has 28 heavy (non-hydrogen) atoms. The van der Waals surface area contributed by atoms with Crippen molar-refractivity contribution in [3.63, 3.8) is 0 Å². The van der Waals surface area contributed by atoms with Crippen LogP contribution in [0.25, 0.3) is 0 Å².